The normalized spacial score (nSPS) is 16.9. The molecule has 1 saturated carbocycles. The third-order valence-electron chi connectivity index (χ3n) is 7.09. The minimum absolute atomic E-state index is 0.806. The Labute approximate surface area is 172 Å². The fourth-order valence-corrected chi connectivity index (χ4v) is 5.57. The van der Waals surface area contributed by atoms with Gasteiger partial charge in [-0.05, 0) is 81.1 Å². The Morgan fingerprint density at radius 1 is 0.621 bits per heavy atom. The van der Waals surface area contributed by atoms with Crippen LogP contribution in [0.25, 0.3) is 38.7 Å². The first-order chi connectivity index (χ1) is 14.4. The summed E-state index contributed by atoms with van der Waals surface area (Å²) in [5, 5.41) is 5.32. The number of hydrogen-bond donors (Lipinski definition) is 0. The molecule has 0 bridgehead atoms. The molecule has 4 aromatic carbocycles. The average molecular weight is 375 g/mol. The molecule has 0 amide bonds. The van der Waals surface area contributed by atoms with E-state index in [0.717, 1.165) is 12.3 Å². The molecule has 0 aromatic heterocycles. The van der Waals surface area contributed by atoms with Crippen LogP contribution in [-0.4, -0.2) is 0 Å². The van der Waals surface area contributed by atoms with E-state index in [4.69, 9.17) is 0 Å². The first-order valence-corrected chi connectivity index (χ1v) is 11.1. The van der Waals surface area contributed by atoms with Crippen molar-refractivity contribution < 1.29 is 0 Å². The van der Waals surface area contributed by atoms with Gasteiger partial charge < -0.3 is 0 Å². The van der Waals surface area contributed by atoms with Gasteiger partial charge in [-0.15, -0.1) is 0 Å². The van der Waals surface area contributed by atoms with E-state index in [1.807, 2.05) is 0 Å². The second-order valence-corrected chi connectivity index (χ2v) is 8.84. The van der Waals surface area contributed by atoms with Gasteiger partial charge in [-0.1, -0.05) is 91.6 Å². The first kappa shape index (κ1) is 17.0. The van der Waals surface area contributed by atoms with Crippen molar-refractivity contribution in [2.45, 2.75) is 38.5 Å². The Morgan fingerprint density at radius 3 is 2.21 bits per heavy atom. The molecule has 142 valence electrons. The fraction of sp³-hybridized carbons (Fsp3) is 0.241. The Bertz CT molecular complexity index is 1250. The van der Waals surface area contributed by atoms with Gasteiger partial charge in [0.05, 0.1) is 0 Å². The predicted octanol–water partition coefficient (Wildman–Crippen LogP) is 8.18. The summed E-state index contributed by atoms with van der Waals surface area (Å²) in [6.45, 7) is 0. The molecule has 0 nitrogen and oxygen atoms in total. The van der Waals surface area contributed by atoms with E-state index >= 15 is 0 Å². The van der Waals surface area contributed by atoms with Crippen molar-refractivity contribution in [1.29, 1.82) is 0 Å². The maximum Gasteiger partial charge on any atom is -0.00548 e. The molecule has 1 fully saturated rings. The third kappa shape index (κ3) is 2.90. The van der Waals surface area contributed by atoms with Crippen LogP contribution in [0.2, 0.25) is 0 Å². The molecule has 0 N–H and O–H groups in total. The van der Waals surface area contributed by atoms with Crippen molar-refractivity contribution in [3.8, 4) is 11.1 Å². The van der Waals surface area contributed by atoms with Gasteiger partial charge in [-0.3, -0.25) is 0 Å². The summed E-state index contributed by atoms with van der Waals surface area (Å²) in [7, 11) is 0. The van der Waals surface area contributed by atoms with Crippen LogP contribution in [0.15, 0.2) is 78.4 Å². The van der Waals surface area contributed by atoms with Gasteiger partial charge in [-0.2, -0.15) is 0 Å². The smallest absolute Gasteiger partial charge is 0.00548 e. The zero-order valence-corrected chi connectivity index (χ0v) is 16.8. The lowest BCUT2D eigenvalue weighted by molar-refractivity contribution is 0.401. The molecule has 0 atom stereocenters. The van der Waals surface area contributed by atoms with Crippen LogP contribution >= 0.6 is 0 Å². The average Bonchev–Trinajstić information content (AvgIpc) is 3.22. The molecule has 4 aromatic rings. The van der Waals surface area contributed by atoms with Gasteiger partial charge in [0, 0.05) is 0 Å². The molecule has 0 heterocycles. The van der Waals surface area contributed by atoms with Gasteiger partial charge in [-0.25, -0.2) is 0 Å². The van der Waals surface area contributed by atoms with Crippen molar-refractivity contribution in [3.63, 3.8) is 0 Å². The number of rotatable bonds is 2. The molecular formula is C29H26. The monoisotopic (exact) mass is 374 g/mol. The summed E-state index contributed by atoms with van der Waals surface area (Å²) in [6.07, 6.45) is 10.7. The van der Waals surface area contributed by atoms with Gasteiger partial charge in [0.1, 0.15) is 0 Å². The van der Waals surface area contributed by atoms with Crippen molar-refractivity contribution in [2.75, 3.05) is 0 Å². The molecule has 2 aliphatic rings. The summed E-state index contributed by atoms with van der Waals surface area (Å²) < 4.78 is 0. The second-order valence-electron chi connectivity index (χ2n) is 8.84. The first-order valence-electron chi connectivity index (χ1n) is 11.1. The third-order valence-corrected chi connectivity index (χ3v) is 7.09. The van der Waals surface area contributed by atoms with E-state index in [0.29, 0.717) is 0 Å². The standard InChI is InChI=1S/C29H26/c1-2-8-20(9-3-1)25-17-24-13-7-15-27(29(24)19-25)26-14-6-12-23-16-21-10-4-5-11-22(21)18-28(23)26/h4-7,10-16,18-20H,1-3,8-9,17H2. The zero-order chi connectivity index (χ0) is 19.2. The summed E-state index contributed by atoms with van der Waals surface area (Å²) in [5.74, 6) is 0.806. The van der Waals surface area contributed by atoms with Crippen LogP contribution in [0.3, 0.4) is 0 Å². The van der Waals surface area contributed by atoms with Gasteiger partial charge in [0.25, 0.3) is 0 Å². The Balaban J connectivity index is 1.52. The Hall–Kier alpha value is -2.86. The highest BCUT2D eigenvalue weighted by Crippen LogP contribution is 2.42. The second kappa shape index (κ2) is 6.88. The molecule has 0 aliphatic heterocycles. The lowest BCUT2D eigenvalue weighted by Crippen LogP contribution is -2.08. The quantitative estimate of drug-likeness (QED) is 0.310. The predicted molar refractivity (Wildman–Crippen MR) is 125 cm³/mol. The van der Waals surface area contributed by atoms with E-state index in [9.17, 15) is 0 Å². The molecule has 0 heteroatoms. The highest BCUT2D eigenvalue weighted by molar-refractivity contribution is 6.06. The molecule has 0 unspecified atom stereocenters. The maximum absolute atomic E-state index is 2.54. The molecule has 0 saturated heterocycles. The molecular weight excluding hydrogens is 348 g/mol. The highest BCUT2D eigenvalue weighted by atomic mass is 14.3. The number of benzene rings is 4. The largest absolute Gasteiger partial charge is 0.0621 e. The molecule has 29 heavy (non-hydrogen) atoms. The molecule has 0 spiro atoms. The van der Waals surface area contributed by atoms with Crippen molar-refractivity contribution in [1.82, 2.24) is 0 Å². The lowest BCUT2D eigenvalue weighted by atomic mass is 9.83. The van der Waals surface area contributed by atoms with Crippen molar-refractivity contribution in [3.05, 3.63) is 89.5 Å². The number of allylic oxidation sites excluding steroid dienone is 1. The van der Waals surface area contributed by atoms with Gasteiger partial charge in [0.15, 0.2) is 0 Å². The van der Waals surface area contributed by atoms with Crippen LogP contribution in [0.4, 0.5) is 0 Å². The summed E-state index contributed by atoms with van der Waals surface area (Å²) >= 11 is 0. The van der Waals surface area contributed by atoms with Crippen molar-refractivity contribution >= 4 is 27.6 Å². The van der Waals surface area contributed by atoms with Gasteiger partial charge in [0.2, 0.25) is 0 Å². The SMILES string of the molecule is C1=C(C2CCCCC2)Cc2cccc(-c3cccc4cc5ccccc5cc34)c21. The van der Waals surface area contributed by atoms with E-state index in [-0.39, 0.29) is 0 Å². The molecule has 0 radical (unpaired) electrons. The van der Waals surface area contributed by atoms with Crippen LogP contribution in [-0.2, 0) is 6.42 Å². The van der Waals surface area contributed by atoms with Crippen LogP contribution in [0.1, 0.15) is 43.2 Å². The Kier molecular flexibility index (Phi) is 4.04. The van der Waals surface area contributed by atoms with Gasteiger partial charge >= 0.3 is 0 Å². The minimum atomic E-state index is 0.806. The van der Waals surface area contributed by atoms with E-state index in [1.165, 1.54) is 75.9 Å². The summed E-state index contributed by atoms with van der Waals surface area (Å²) in [4.78, 5) is 0. The number of hydrogen-bond acceptors (Lipinski definition) is 0. The summed E-state index contributed by atoms with van der Waals surface area (Å²) in [6, 6.07) is 27.1. The zero-order valence-electron chi connectivity index (χ0n) is 16.8. The van der Waals surface area contributed by atoms with Crippen LogP contribution < -0.4 is 0 Å². The van der Waals surface area contributed by atoms with E-state index < -0.39 is 0 Å². The number of fused-ring (bicyclic) bond motifs is 3. The van der Waals surface area contributed by atoms with E-state index in [2.05, 4.69) is 78.9 Å². The topological polar surface area (TPSA) is 0 Å². The van der Waals surface area contributed by atoms with E-state index in [1.54, 1.807) is 5.57 Å². The molecule has 6 rings (SSSR count). The summed E-state index contributed by atoms with van der Waals surface area (Å²) in [5.41, 5.74) is 7.42. The fourth-order valence-electron chi connectivity index (χ4n) is 5.57. The maximum atomic E-state index is 2.54. The van der Waals surface area contributed by atoms with Crippen molar-refractivity contribution in [2.24, 2.45) is 5.92 Å². The lowest BCUT2D eigenvalue weighted by Gasteiger charge is -2.22. The van der Waals surface area contributed by atoms with Crippen LogP contribution in [0.5, 0.6) is 0 Å². The minimum Gasteiger partial charge on any atom is -0.0621 e. The highest BCUT2D eigenvalue weighted by Gasteiger charge is 2.24. The van der Waals surface area contributed by atoms with Crippen LogP contribution in [0, 0.1) is 5.92 Å². The molecule has 2 aliphatic carbocycles. The Morgan fingerprint density at radius 2 is 1.34 bits per heavy atom.